The topological polar surface area (TPSA) is 20.3 Å². The Balaban J connectivity index is 2.52. The summed E-state index contributed by atoms with van der Waals surface area (Å²) in [5.74, 6) is 0. The molecule has 2 nitrogen and oxygen atoms in total. The molecule has 0 N–H and O–H groups in total. The monoisotopic (exact) mass is 197 g/mol. The summed E-state index contributed by atoms with van der Waals surface area (Å²) in [5.41, 5.74) is -0.133. The summed E-state index contributed by atoms with van der Waals surface area (Å²) in [4.78, 5) is 13.5. The number of likely N-dealkylation sites (tertiary alicyclic amines) is 1. The third-order valence-corrected chi connectivity index (χ3v) is 3.60. The molecule has 1 rings (SSSR count). The maximum absolute atomic E-state index is 11.0. The molecule has 1 aliphatic heterocycles. The highest BCUT2D eigenvalue weighted by Crippen LogP contribution is 2.24. The molecule has 0 spiro atoms. The van der Waals surface area contributed by atoms with Gasteiger partial charge in [0.2, 0.25) is 0 Å². The molecule has 1 saturated heterocycles. The van der Waals surface area contributed by atoms with Crippen molar-refractivity contribution in [1.82, 2.24) is 4.90 Å². The molecular weight excluding hydrogens is 174 g/mol. The minimum Gasteiger partial charge on any atom is -0.303 e. The average Bonchev–Trinajstić information content (AvgIpc) is 2.21. The van der Waals surface area contributed by atoms with E-state index in [0.29, 0.717) is 6.04 Å². The second-order valence-corrected chi connectivity index (χ2v) is 4.94. The third-order valence-electron chi connectivity index (χ3n) is 3.60. The van der Waals surface area contributed by atoms with E-state index in [1.807, 2.05) is 0 Å². The summed E-state index contributed by atoms with van der Waals surface area (Å²) >= 11 is 0. The van der Waals surface area contributed by atoms with E-state index in [9.17, 15) is 4.79 Å². The SMILES string of the molecule is CCC(C)(C=O)CN1CCCCC1C. The Bertz CT molecular complexity index is 193. The van der Waals surface area contributed by atoms with Gasteiger partial charge in [-0.05, 0) is 32.7 Å². The lowest BCUT2D eigenvalue weighted by Crippen LogP contribution is -2.44. The van der Waals surface area contributed by atoms with Crippen molar-refractivity contribution in [1.29, 1.82) is 0 Å². The van der Waals surface area contributed by atoms with Gasteiger partial charge >= 0.3 is 0 Å². The van der Waals surface area contributed by atoms with E-state index in [2.05, 4.69) is 25.7 Å². The first kappa shape index (κ1) is 11.7. The second-order valence-electron chi connectivity index (χ2n) is 4.94. The molecule has 2 heteroatoms. The number of hydrogen-bond donors (Lipinski definition) is 0. The zero-order valence-corrected chi connectivity index (χ0v) is 9.75. The van der Waals surface area contributed by atoms with Crippen LogP contribution in [0.5, 0.6) is 0 Å². The highest BCUT2D eigenvalue weighted by atomic mass is 16.1. The molecule has 14 heavy (non-hydrogen) atoms. The van der Waals surface area contributed by atoms with Gasteiger partial charge in [0.15, 0.2) is 0 Å². The van der Waals surface area contributed by atoms with Crippen LogP contribution in [-0.4, -0.2) is 30.3 Å². The first-order chi connectivity index (χ1) is 6.61. The summed E-state index contributed by atoms with van der Waals surface area (Å²) in [6.07, 6.45) is 6.01. The molecule has 0 radical (unpaired) electrons. The Morgan fingerprint density at radius 2 is 2.21 bits per heavy atom. The summed E-state index contributed by atoms with van der Waals surface area (Å²) in [6.45, 7) is 8.56. The van der Waals surface area contributed by atoms with Crippen LogP contribution in [-0.2, 0) is 4.79 Å². The average molecular weight is 197 g/mol. The smallest absolute Gasteiger partial charge is 0.127 e. The summed E-state index contributed by atoms with van der Waals surface area (Å²) in [5, 5.41) is 0. The quantitative estimate of drug-likeness (QED) is 0.645. The van der Waals surface area contributed by atoms with Gasteiger partial charge in [-0.15, -0.1) is 0 Å². The van der Waals surface area contributed by atoms with Crippen molar-refractivity contribution in [2.24, 2.45) is 5.41 Å². The molecular formula is C12H23NO. The van der Waals surface area contributed by atoms with E-state index < -0.39 is 0 Å². The van der Waals surface area contributed by atoms with Crippen molar-refractivity contribution in [3.05, 3.63) is 0 Å². The molecule has 0 aromatic rings. The molecule has 1 aliphatic rings. The van der Waals surface area contributed by atoms with Crippen LogP contribution in [0.1, 0.15) is 46.5 Å². The Morgan fingerprint density at radius 1 is 1.50 bits per heavy atom. The minimum atomic E-state index is -0.133. The van der Waals surface area contributed by atoms with Crippen molar-refractivity contribution in [3.8, 4) is 0 Å². The molecule has 0 aromatic heterocycles. The minimum absolute atomic E-state index is 0.133. The van der Waals surface area contributed by atoms with Gasteiger partial charge in [-0.2, -0.15) is 0 Å². The lowest BCUT2D eigenvalue weighted by atomic mass is 9.87. The van der Waals surface area contributed by atoms with Gasteiger partial charge in [-0.25, -0.2) is 0 Å². The van der Waals surface area contributed by atoms with Crippen molar-refractivity contribution in [3.63, 3.8) is 0 Å². The van der Waals surface area contributed by atoms with E-state index >= 15 is 0 Å². The van der Waals surface area contributed by atoms with Crippen molar-refractivity contribution < 1.29 is 4.79 Å². The van der Waals surface area contributed by atoms with E-state index in [1.54, 1.807) is 0 Å². The number of carbonyl (C=O) groups excluding carboxylic acids is 1. The summed E-state index contributed by atoms with van der Waals surface area (Å²) in [6, 6.07) is 0.662. The van der Waals surface area contributed by atoms with E-state index in [4.69, 9.17) is 0 Å². The lowest BCUT2D eigenvalue weighted by molar-refractivity contribution is -0.117. The van der Waals surface area contributed by atoms with Crippen LogP contribution in [0.4, 0.5) is 0 Å². The number of hydrogen-bond acceptors (Lipinski definition) is 2. The Kier molecular flexibility index (Phi) is 4.11. The van der Waals surface area contributed by atoms with E-state index in [0.717, 1.165) is 19.3 Å². The molecule has 0 aromatic carbocycles. The van der Waals surface area contributed by atoms with Crippen LogP contribution >= 0.6 is 0 Å². The predicted octanol–water partition coefficient (Wildman–Crippen LogP) is 2.48. The highest BCUT2D eigenvalue weighted by Gasteiger charge is 2.28. The fourth-order valence-corrected chi connectivity index (χ4v) is 2.09. The van der Waals surface area contributed by atoms with E-state index in [-0.39, 0.29) is 5.41 Å². The van der Waals surface area contributed by atoms with E-state index in [1.165, 1.54) is 25.8 Å². The van der Waals surface area contributed by atoms with Gasteiger partial charge in [-0.3, -0.25) is 4.90 Å². The van der Waals surface area contributed by atoms with Crippen LogP contribution in [0, 0.1) is 5.41 Å². The summed E-state index contributed by atoms with van der Waals surface area (Å²) in [7, 11) is 0. The lowest BCUT2D eigenvalue weighted by Gasteiger charge is -2.38. The largest absolute Gasteiger partial charge is 0.303 e. The van der Waals surface area contributed by atoms with Crippen molar-refractivity contribution in [2.75, 3.05) is 13.1 Å². The first-order valence-electron chi connectivity index (χ1n) is 5.81. The molecule has 0 bridgehead atoms. The predicted molar refractivity (Wildman–Crippen MR) is 59.3 cm³/mol. The second kappa shape index (κ2) is 4.92. The van der Waals surface area contributed by atoms with Gasteiger partial charge in [0.25, 0.3) is 0 Å². The van der Waals surface area contributed by atoms with Gasteiger partial charge in [0, 0.05) is 18.0 Å². The van der Waals surface area contributed by atoms with Crippen LogP contribution in [0.15, 0.2) is 0 Å². The molecule has 0 saturated carbocycles. The number of nitrogens with zero attached hydrogens (tertiary/aromatic N) is 1. The van der Waals surface area contributed by atoms with Gasteiger partial charge in [0.05, 0.1) is 0 Å². The van der Waals surface area contributed by atoms with Gasteiger partial charge in [-0.1, -0.05) is 20.3 Å². The maximum Gasteiger partial charge on any atom is 0.127 e. The fraction of sp³-hybridized carbons (Fsp3) is 0.917. The zero-order chi connectivity index (χ0) is 10.6. The number of rotatable bonds is 4. The van der Waals surface area contributed by atoms with Crippen LogP contribution in [0.3, 0.4) is 0 Å². The Hall–Kier alpha value is -0.370. The molecule has 1 heterocycles. The number of carbonyl (C=O) groups is 1. The Morgan fingerprint density at radius 3 is 2.71 bits per heavy atom. The highest BCUT2D eigenvalue weighted by molar-refractivity contribution is 5.58. The molecule has 0 aliphatic carbocycles. The first-order valence-corrected chi connectivity index (χ1v) is 5.81. The van der Waals surface area contributed by atoms with Crippen molar-refractivity contribution in [2.45, 2.75) is 52.5 Å². The van der Waals surface area contributed by atoms with Crippen LogP contribution < -0.4 is 0 Å². The molecule has 2 atom stereocenters. The maximum atomic E-state index is 11.0. The zero-order valence-electron chi connectivity index (χ0n) is 9.75. The van der Waals surface area contributed by atoms with Gasteiger partial charge in [0.1, 0.15) is 6.29 Å². The number of piperidine rings is 1. The molecule has 2 unspecified atom stereocenters. The third kappa shape index (κ3) is 2.81. The normalized spacial score (nSPS) is 28.4. The molecule has 1 fully saturated rings. The standard InChI is InChI=1S/C12H23NO/c1-4-12(3,10-14)9-13-8-6-5-7-11(13)2/h10-11H,4-9H2,1-3H3. The van der Waals surface area contributed by atoms with Crippen molar-refractivity contribution >= 4 is 6.29 Å². The van der Waals surface area contributed by atoms with Crippen LogP contribution in [0.25, 0.3) is 0 Å². The van der Waals surface area contributed by atoms with Gasteiger partial charge < -0.3 is 4.79 Å². The molecule has 0 amide bonds. The summed E-state index contributed by atoms with van der Waals surface area (Å²) < 4.78 is 0. The number of aldehydes is 1. The van der Waals surface area contributed by atoms with Crippen LogP contribution in [0.2, 0.25) is 0 Å². The molecule has 82 valence electrons. The Labute approximate surface area is 87.7 Å². The fourth-order valence-electron chi connectivity index (χ4n) is 2.09.